The lowest BCUT2D eigenvalue weighted by molar-refractivity contribution is -0.124. The largest absolute Gasteiger partial charge is 0.493 e. The van der Waals surface area contributed by atoms with Crippen LogP contribution in [-0.4, -0.2) is 32.2 Å². The fourth-order valence-corrected chi connectivity index (χ4v) is 2.24. The molecule has 0 saturated carbocycles. The minimum Gasteiger partial charge on any atom is -0.493 e. The van der Waals surface area contributed by atoms with Crippen molar-refractivity contribution in [2.75, 3.05) is 13.7 Å². The van der Waals surface area contributed by atoms with Crippen molar-refractivity contribution in [3.8, 4) is 11.5 Å². The van der Waals surface area contributed by atoms with E-state index in [2.05, 4.69) is 10.1 Å². The van der Waals surface area contributed by atoms with Gasteiger partial charge in [-0.25, -0.2) is 4.79 Å². The molecular weight excluding hydrogens is 384 g/mol. The third-order valence-electron chi connectivity index (χ3n) is 3.36. The highest BCUT2D eigenvalue weighted by molar-refractivity contribution is 6.30. The van der Waals surface area contributed by atoms with Crippen LogP contribution in [0.2, 0.25) is 5.02 Å². The van der Waals surface area contributed by atoms with Crippen LogP contribution < -0.4 is 14.8 Å². The van der Waals surface area contributed by atoms with E-state index < -0.39 is 30.8 Å². The zero-order valence-corrected chi connectivity index (χ0v) is 15.0. The quantitative estimate of drug-likeness (QED) is 0.688. The summed E-state index contributed by atoms with van der Waals surface area (Å²) in [5.41, 5.74) is 0.527. The molecule has 0 atom stereocenters. The van der Waals surface area contributed by atoms with Gasteiger partial charge in [-0.1, -0.05) is 29.8 Å². The molecule has 2 aromatic carbocycles. The molecule has 2 aromatic rings. The molecule has 0 aliphatic rings. The van der Waals surface area contributed by atoms with Crippen LogP contribution in [0.5, 0.6) is 11.5 Å². The van der Waals surface area contributed by atoms with Gasteiger partial charge >= 0.3 is 12.6 Å². The molecular formula is C18H16ClF2NO5. The summed E-state index contributed by atoms with van der Waals surface area (Å²) in [4.78, 5) is 23.9. The Labute approximate surface area is 159 Å². The average molecular weight is 400 g/mol. The number of para-hydroxylation sites is 1. The van der Waals surface area contributed by atoms with Gasteiger partial charge in [-0.05, 0) is 29.8 Å². The second-order valence-corrected chi connectivity index (χ2v) is 5.63. The summed E-state index contributed by atoms with van der Waals surface area (Å²) in [5, 5.41) is 3.13. The maximum atomic E-state index is 12.6. The Morgan fingerprint density at radius 2 is 1.85 bits per heavy atom. The fourth-order valence-electron chi connectivity index (χ4n) is 2.11. The maximum absolute atomic E-state index is 12.6. The molecule has 27 heavy (non-hydrogen) atoms. The van der Waals surface area contributed by atoms with E-state index in [1.54, 1.807) is 24.3 Å². The number of nitrogens with one attached hydrogen (secondary N) is 1. The third kappa shape index (κ3) is 6.10. The molecule has 0 spiro atoms. The Morgan fingerprint density at radius 1 is 1.15 bits per heavy atom. The highest BCUT2D eigenvalue weighted by atomic mass is 35.5. The van der Waals surface area contributed by atoms with Crippen LogP contribution in [0.3, 0.4) is 0 Å². The van der Waals surface area contributed by atoms with Crippen LogP contribution in [0, 0.1) is 0 Å². The van der Waals surface area contributed by atoms with Gasteiger partial charge in [-0.2, -0.15) is 8.78 Å². The van der Waals surface area contributed by atoms with Gasteiger partial charge in [-0.3, -0.25) is 4.79 Å². The van der Waals surface area contributed by atoms with Crippen LogP contribution >= 0.6 is 11.6 Å². The number of carbonyl (C=O) groups excluding carboxylic acids is 2. The average Bonchev–Trinajstić information content (AvgIpc) is 2.65. The number of alkyl halides is 2. The molecule has 0 bridgehead atoms. The zero-order valence-electron chi connectivity index (χ0n) is 14.2. The number of esters is 1. The summed E-state index contributed by atoms with van der Waals surface area (Å²) in [6.45, 7) is -3.53. The van der Waals surface area contributed by atoms with Crippen molar-refractivity contribution in [1.82, 2.24) is 5.32 Å². The SMILES string of the molecule is COc1cccc(C(=O)OCC(=O)NCc2ccc(Cl)cc2)c1OC(F)F. The minimum atomic E-state index is -3.16. The summed E-state index contributed by atoms with van der Waals surface area (Å²) >= 11 is 5.77. The first-order valence-electron chi connectivity index (χ1n) is 7.70. The molecule has 1 N–H and O–H groups in total. The van der Waals surface area contributed by atoms with Gasteiger partial charge in [0, 0.05) is 11.6 Å². The fraction of sp³-hybridized carbons (Fsp3) is 0.222. The van der Waals surface area contributed by atoms with E-state index >= 15 is 0 Å². The molecule has 9 heteroatoms. The van der Waals surface area contributed by atoms with Crippen LogP contribution in [-0.2, 0) is 16.1 Å². The molecule has 0 aliphatic carbocycles. The van der Waals surface area contributed by atoms with E-state index in [-0.39, 0.29) is 17.9 Å². The Kier molecular flexibility index (Phi) is 7.36. The zero-order chi connectivity index (χ0) is 19.8. The molecule has 2 rings (SSSR count). The van der Waals surface area contributed by atoms with Crippen LogP contribution in [0.15, 0.2) is 42.5 Å². The summed E-state index contributed by atoms with van der Waals surface area (Å²) in [6, 6.07) is 10.8. The third-order valence-corrected chi connectivity index (χ3v) is 3.61. The highest BCUT2D eigenvalue weighted by Gasteiger charge is 2.22. The number of carbonyl (C=O) groups is 2. The molecule has 144 valence electrons. The van der Waals surface area contributed by atoms with Gasteiger partial charge in [0.15, 0.2) is 18.1 Å². The van der Waals surface area contributed by atoms with Crippen molar-refractivity contribution in [2.45, 2.75) is 13.2 Å². The van der Waals surface area contributed by atoms with Gasteiger partial charge in [0.05, 0.1) is 7.11 Å². The van der Waals surface area contributed by atoms with E-state index in [0.717, 1.165) is 5.56 Å². The number of hydrogen-bond acceptors (Lipinski definition) is 5. The van der Waals surface area contributed by atoms with Gasteiger partial charge < -0.3 is 19.5 Å². The summed E-state index contributed by atoms with van der Waals surface area (Å²) in [7, 11) is 1.24. The number of amides is 1. The van der Waals surface area contributed by atoms with Crippen LogP contribution in [0.25, 0.3) is 0 Å². The van der Waals surface area contributed by atoms with E-state index in [1.807, 2.05) is 0 Å². The predicted molar refractivity (Wildman–Crippen MR) is 93.2 cm³/mol. The number of methoxy groups -OCH3 is 1. The van der Waals surface area contributed by atoms with Crippen molar-refractivity contribution in [3.05, 3.63) is 58.6 Å². The smallest absolute Gasteiger partial charge is 0.387 e. The summed E-state index contributed by atoms with van der Waals surface area (Å²) < 4.78 is 39.3. The summed E-state index contributed by atoms with van der Waals surface area (Å²) in [6.07, 6.45) is 0. The topological polar surface area (TPSA) is 73.9 Å². The number of ether oxygens (including phenoxy) is 3. The van der Waals surface area contributed by atoms with Gasteiger partial charge in [-0.15, -0.1) is 0 Å². The van der Waals surface area contributed by atoms with Crippen molar-refractivity contribution in [2.24, 2.45) is 0 Å². The van der Waals surface area contributed by atoms with Crippen molar-refractivity contribution < 1.29 is 32.6 Å². The molecule has 0 fully saturated rings. The lowest BCUT2D eigenvalue weighted by Gasteiger charge is -2.13. The first-order chi connectivity index (χ1) is 12.9. The number of halogens is 3. The Balaban J connectivity index is 1.94. The minimum absolute atomic E-state index is 0.0584. The molecule has 0 radical (unpaired) electrons. The van der Waals surface area contributed by atoms with Crippen molar-refractivity contribution in [3.63, 3.8) is 0 Å². The van der Waals surface area contributed by atoms with E-state index in [9.17, 15) is 18.4 Å². The first-order valence-corrected chi connectivity index (χ1v) is 8.08. The normalized spacial score (nSPS) is 10.4. The molecule has 6 nitrogen and oxygen atoms in total. The Bertz CT molecular complexity index is 799. The molecule has 0 heterocycles. The van der Waals surface area contributed by atoms with E-state index in [1.165, 1.54) is 25.3 Å². The van der Waals surface area contributed by atoms with Crippen LogP contribution in [0.1, 0.15) is 15.9 Å². The molecule has 0 aliphatic heterocycles. The predicted octanol–water partition coefficient (Wildman–Crippen LogP) is 3.42. The maximum Gasteiger partial charge on any atom is 0.387 e. The lowest BCUT2D eigenvalue weighted by Crippen LogP contribution is -2.28. The molecule has 1 amide bonds. The Hall–Kier alpha value is -2.87. The van der Waals surface area contributed by atoms with E-state index in [4.69, 9.17) is 21.1 Å². The number of hydrogen-bond donors (Lipinski definition) is 1. The molecule has 0 saturated heterocycles. The molecule has 0 aromatic heterocycles. The van der Waals surface area contributed by atoms with Crippen LogP contribution in [0.4, 0.5) is 8.78 Å². The van der Waals surface area contributed by atoms with Crippen molar-refractivity contribution in [1.29, 1.82) is 0 Å². The number of rotatable bonds is 8. The summed E-state index contributed by atoms with van der Waals surface area (Å²) in [5.74, 6) is -2.07. The van der Waals surface area contributed by atoms with Crippen molar-refractivity contribution >= 4 is 23.5 Å². The first kappa shape index (κ1) is 20.4. The van der Waals surface area contributed by atoms with Gasteiger partial charge in [0.2, 0.25) is 0 Å². The second-order valence-electron chi connectivity index (χ2n) is 5.19. The van der Waals surface area contributed by atoms with Gasteiger partial charge in [0.25, 0.3) is 5.91 Å². The van der Waals surface area contributed by atoms with Gasteiger partial charge in [0.1, 0.15) is 5.56 Å². The second kappa shape index (κ2) is 9.72. The highest BCUT2D eigenvalue weighted by Crippen LogP contribution is 2.32. The Morgan fingerprint density at radius 3 is 2.48 bits per heavy atom. The van der Waals surface area contributed by atoms with E-state index in [0.29, 0.717) is 5.02 Å². The monoisotopic (exact) mass is 399 g/mol. The molecule has 0 unspecified atom stereocenters. The lowest BCUT2D eigenvalue weighted by atomic mass is 10.2. The number of benzene rings is 2. The standard InChI is InChI=1S/C18H16ClF2NO5/c1-25-14-4-2-3-13(16(14)27-18(20)21)17(24)26-10-15(23)22-9-11-5-7-12(19)8-6-11/h2-8,18H,9-10H2,1H3,(H,22,23).